The summed E-state index contributed by atoms with van der Waals surface area (Å²) in [5.41, 5.74) is 17.8. The van der Waals surface area contributed by atoms with E-state index in [1.807, 2.05) is 152 Å². The maximum atomic E-state index is 8.99. The summed E-state index contributed by atoms with van der Waals surface area (Å²) in [4.78, 5) is 9.71. The molecule has 0 heterocycles. The summed E-state index contributed by atoms with van der Waals surface area (Å²) in [6.45, 7) is 65.2. The molecule has 0 spiro atoms. The SMILES string of the molecule is C.C=[N-].CC(C)(C)P(=N)(C(C)(C)C)C(C)(C)C.CCCCN=C1CCCC=C1[N-]c1c(C(C)C)cccc1C(C)C.CCCCN=C1CCCC=C1[N-]c1c(C(C)C)cccc1C(C)C.[B][B].[CH2-]c1ccccc1.[CH2-]c1ccccc1.[CH2-]c1ccccc1.[CH2-]c1ccccc1.[CH2-]c1ccccc1.[Zr+3].[Zr+3]. The van der Waals surface area contributed by atoms with Crippen molar-refractivity contribution in [3.63, 3.8) is 0 Å². The van der Waals surface area contributed by atoms with E-state index in [1.54, 1.807) is 0 Å². The van der Waals surface area contributed by atoms with Crippen molar-refractivity contribution >= 4 is 52.0 Å². The fourth-order valence-electron chi connectivity index (χ4n) is 11.7. The van der Waals surface area contributed by atoms with Gasteiger partial charge in [0, 0.05) is 40.0 Å². The number of nitrogens with zero attached hydrogens (tertiary/aromatic N) is 5. The third-order valence-corrected chi connectivity index (χ3v) is 22.6. The average Bonchev–Trinajstić information content (AvgIpc) is 0.741. The first-order chi connectivity index (χ1) is 47.8. The molecule has 0 unspecified atom stereocenters. The number of allylic oxidation sites excluding steroid dienone is 4. The van der Waals surface area contributed by atoms with Gasteiger partial charge < -0.3 is 21.2 Å². The van der Waals surface area contributed by atoms with Crippen LogP contribution in [-0.2, 0) is 52.4 Å². The Balaban J connectivity index is -0.000000575. The zero-order valence-corrected chi connectivity index (χ0v) is 73.2. The molecule has 0 saturated carbocycles. The summed E-state index contributed by atoms with van der Waals surface area (Å²) in [6.07, 6.45) is 16.1. The van der Waals surface area contributed by atoms with Gasteiger partial charge in [0.25, 0.3) is 0 Å². The number of benzene rings is 7. The molecule has 6 radical (unpaired) electrons. The molecule has 7 aromatic carbocycles. The van der Waals surface area contributed by atoms with Gasteiger partial charge in [0.1, 0.15) is 0 Å². The van der Waals surface area contributed by atoms with Gasteiger partial charge in [-0.05, 0) is 97.6 Å². The van der Waals surface area contributed by atoms with Gasteiger partial charge in [-0.25, -0.2) is 6.72 Å². The van der Waals surface area contributed by atoms with Crippen LogP contribution in [0, 0.1) is 39.8 Å². The third-order valence-electron chi connectivity index (χ3n) is 16.5. The van der Waals surface area contributed by atoms with E-state index in [9.17, 15) is 0 Å². The summed E-state index contributed by atoms with van der Waals surface area (Å²) in [5.74, 6) is 1.92. The van der Waals surface area contributed by atoms with Gasteiger partial charge >= 0.3 is 52.4 Å². The van der Waals surface area contributed by atoms with E-state index in [4.69, 9.17) is 31.2 Å². The normalized spacial score (nSPS) is 12.8. The molecule has 1 N–H and O–H groups in total. The van der Waals surface area contributed by atoms with Gasteiger partial charge in [0.2, 0.25) is 0 Å². The summed E-state index contributed by atoms with van der Waals surface area (Å²) in [5, 5.41) is 26.3. The number of rotatable bonds is 14. The molecule has 0 bridgehead atoms. The van der Waals surface area contributed by atoms with Crippen molar-refractivity contribution in [3.05, 3.63) is 312 Å². The predicted octanol–water partition coefficient (Wildman–Crippen LogP) is 29.1. The molecule has 9 rings (SSSR count). The van der Waals surface area contributed by atoms with Crippen molar-refractivity contribution < 1.29 is 52.4 Å². The molecule has 0 atom stereocenters. The first-order valence-corrected chi connectivity index (χ1v) is 38.4. The maximum absolute atomic E-state index is 8.99. The van der Waals surface area contributed by atoms with Crippen LogP contribution >= 0.6 is 7.05 Å². The molecule has 104 heavy (non-hydrogen) atoms. The molecule has 2 aliphatic carbocycles. The fraction of sp³-hybridized carbons (Fsp3) is 0.419. The van der Waals surface area contributed by atoms with Crippen LogP contribution in [0.1, 0.15) is 277 Å². The number of aliphatic imine (C=N–C) groups is 2. The van der Waals surface area contributed by atoms with Crippen LogP contribution < -0.4 is 0 Å². The third kappa shape index (κ3) is 41.3. The van der Waals surface area contributed by atoms with E-state index < -0.39 is 7.05 Å². The Labute approximate surface area is 681 Å². The van der Waals surface area contributed by atoms with Crippen LogP contribution in [0.5, 0.6) is 0 Å². The quantitative estimate of drug-likeness (QED) is 0.0369. The Hall–Kier alpha value is -5.89. The molecule has 2 aliphatic rings. The van der Waals surface area contributed by atoms with Gasteiger partial charge in [-0.2, -0.15) is 123 Å². The van der Waals surface area contributed by atoms with Crippen molar-refractivity contribution in [1.29, 1.82) is 5.16 Å². The topological polar surface area (TPSA) is 99.1 Å². The number of unbranched alkanes of at least 4 members (excludes halogenated alkanes) is 2. The van der Waals surface area contributed by atoms with E-state index in [2.05, 4.69) is 237 Å². The van der Waals surface area contributed by atoms with Gasteiger partial charge in [-0.1, -0.05) is 253 Å². The van der Waals surface area contributed by atoms with Gasteiger partial charge in [0.15, 0.2) is 0 Å². The van der Waals surface area contributed by atoms with Crippen LogP contribution in [0.15, 0.2) is 222 Å². The van der Waals surface area contributed by atoms with E-state index in [-0.39, 0.29) is 75.3 Å². The second-order valence-electron chi connectivity index (χ2n) is 29.4. The molecule has 558 valence electrons. The van der Waals surface area contributed by atoms with Gasteiger partial charge in [0.05, 0.1) is 0 Å². The molecule has 0 amide bonds. The van der Waals surface area contributed by atoms with E-state index in [0.717, 1.165) is 90.8 Å². The minimum absolute atomic E-state index is 0. The van der Waals surface area contributed by atoms with Crippen molar-refractivity contribution in [1.82, 2.24) is 0 Å². The van der Waals surface area contributed by atoms with Crippen molar-refractivity contribution in [2.75, 3.05) is 13.1 Å². The summed E-state index contributed by atoms with van der Waals surface area (Å²) >= 11 is 0. The van der Waals surface area contributed by atoms with Gasteiger partial charge in [-0.3, -0.25) is 9.98 Å². The van der Waals surface area contributed by atoms with Gasteiger partial charge in [-0.15, -0.1) is 83.4 Å². The van der Waals surface area contributed by atoms with Crippen LogP contribution in [0.4, 0.5) is 11.4 Å². The number of nitrogens with one attached hydrogen (secondary N) is 1. The number of hydrogen-bond acceptors (Lipinski definition) is 3. The average molecular weight is 1570 g/mol. The second kappa shape index (κ2) is 58.2. The molecule has 7 aromatic rings. The Morgan fingerprint density at radius 1 is 0.413 bits per heavy atom. The summed E-state index contributed by atoms with van der Waals surface area (Å²) < 4.78 is 0. The van der Waals surface area contributed by atoms with Crippen molar-refractivity contribution in [2.24, 2.45) is 9.98 Å². The van der Waals surface area contributed by atoms with Crippen LogP contribution in [0.2, 0.25) is 0 Å². The van der Waals surface area contributed by atoms with E-state index >= 15 is 0 Å². The number of para-hydroxylation sites is 2. The molecule has 11 heteroatoms. The van der Waals surface area contributed by atoms with Crippen LogP contribution in [0.3, 0.4) is 0 Å². The van der Waals surface area contributed by atoms with E-state index in [1.165, 1.54) is 70.7 Å². The molecule has 6 nitrogen and oxygen atoms in total. The zero-order valence-electron chi connectivity index (χ0n) is 67.4. The molecule has 0 aliphatic heterocycles. The van der Waals surface area contributed by atoms with Crippen LogP contribution in [0.25, 0.3) is 16.0 Å². The monoisotopic (exact) mass is 1570 g/mol. The Morgan fingerprint density at radius 2 is 0.625 bits per heavy atom. The predicted molar refractivity (Wildman–Crippen MR) is 466 cm³/mol. The van der Waals surface area contributed by atoms with Crippen molar-refractivity contribution in [2.45, 2.75) is 242 Å². The molecular weight excluding hydrogens is 1440 g/mol. The molecule has 0 fully saturated rings. The maximum Gasteiger partial charge on any atom is 3.00 e. The zero-order chi connectivity index (χ0) is 76.6. The summed E-state index contributed by atoms with van der Waals surface area (Å²) in [7, 11) is 6.23. The number of hydrogen-bond donors (Lipinski definition) is 1. The Kier molecular flexibility index (Phi) is 58.5. The standard InChI is InChI=1S/2C22H33N2.C12H28NP.5C7H7.CH2N.CH4.B2.2Zr/c2*1-6-7-15-23-20-13-8-9-14-21(20)24-22-18(16(2)3)11-10-12-19(22)17(4)5;1-10(2,3)14(13,11(4,5)6)12(7,8)9;5*1-7-5-3-2-4-6-7;1-2;;1-2;;/h2*10-12,14,16-17H,6-9,13,15H2,1-5H3;13H,1-9H3;5*2-6H,1H2;1H2;1H4;;;/q2*-1;;6*-1;;;2*+3. The van der Waals surface area contributed by atoms with Crippen LogP contribution in [-0.4, -0.2) is 62.2 Å². The largest absolute Gasteiger partial charge is 3.00 e. The van der Waals surface area contributed by atoms with E-state index in [0.29, 0.717) is 23.7 Å². The summed E-state index contributed by atoms with van der Waals surface area (Å²) in [6, 6.07) is 62.6. The Morgan fingerprint density at radius 3 is 0.779 bits per heavy atom. The first-order valence-electron chi connectivity index (χ1n) is 36.6. The minimum Gasteiger partial charge on any atom is -0.817 e. The minimum atomic E-state index is -1.77. The molecule has 0 aromatic heterocycles. The smallest absolute Gasteiger partial charge is 0.817 e. The molecule has 0 saturated heterocycles. The Bertz CT molecular complexity index is 3020. The second-order valence-corrected chi connectivity index (χ2v) is 34.7. The van der Waals surface area contributed by atoms with Crippen molar-refractivity contribution in [3.8, 4) is 0 Å². The fourth-order valence-corrected chi connectivity index (χ4v) is 17.8. The molecular formula is C93H135B2N6PZr2-2. The first kappa shape index (κ1) is 104.